The van der Waals surface area contributed by atoms with Crippen LogP contribution in [-0.4, -0.2) is 28.2 Å². The molecular formula is C20H17N3O6. The Labute approximate surface area is 165 Å². The van der Waals surface area contributed by atoms with Crippen LogP contribution in [0.5, 0.6) is 5.75 Å². The van der Waals surface area contributed by atoms with Gasteiger partial charge in [0.15, 0.2) is 12.4 Å². The highest BCUT2D eigenvalue weighted by Crippen LogP contribution is 2.34. The number of carbonyl (C=O) groups excluding carboxylic acids is 1. The number of carbonyl (C=O) groups is 1. The summed E-state index contributed by atoms with van der Waals surface area (Å²) in [5, 5.41) is 16.9. The molecule has 1 atom stereocenters. The molecule has 0 N–H and O–H groups in total. The number of ether oxygens (including phenoxy) is 1. The molecule has 1 unspecified atom stereocenters. The number of amides is 1. The zero-order valence-electron chi connectivity index (χ0n) is 15.5. The maximum atomic E-state index is 12.9. The highest BCUT2D eigenvalue weighted by atomic mass is 16.6. The Hall–Kier alpha value is -3.88. The van der Waals surface area contributed by atoms with Crippen molar-refractivity contribution in [2.45, 2.75) is 19.4 Å². The Morgan fingerprint density at radius 1 is 1.28 bits per heavy atom. The van der Waals surface area contributed by atoms with Crippen molar-refractivity contribution < 1.29 is 23.3 Å². The van der Waals surface area contributed by atoms with Gasteiger partial charge in [0.25, 0.3) is 5.91 Å². The minimum Gasteiger partial charge on any atom is -0.477 e. The van der Waals surface area contributed by atoms with Crippen molar-refractivity contribution in [1.29, 1.82) is 0 Å². The second-order valence-corrected chi connectivity index (χ2v) is 6.51. The maximum Gasteiger partial charge on any atom is 0.310 e. The molecule has 1 amide bonds. The van der Waals surface area contributed by atoms with Crippen molar-refractivity contribution in [3.8, 4) is 5.75 Å². The molecule has 0 fully saturated rings. The molecule has 0 aliphatic carbocycles. The van der Waals surface area contributed by atoms with Crippen LogP contribution in [0, 0.1) is 17.0 Å². The Bertz CT molecular complexity index is 1060. The summed E-state index contributed by atoms with van der Waals surface area (Å²) in [5.41, 5.74) is 1.18. The number of hydrazone groups is 1. The van der Waals surface area contributed by atoms with E-state index in [4.69, 9.17) is 13.6 Å². The molecule has 29 heavy (non-hydrogen) atoms. The van der Waals surface area contributed by atoms with Gasteiger partial charge < -0.3 is 13.6 Å². The molecule has 1 aliphatic heterocycles. The van der Waals surface area contributed by atoms with E-state index in [1.165, 1.54) is 29.7 Å². The molecule has 0 saturated heterocycles. The fraction of sp³-hybridized carbons (Fsp3) is 0.200. The van der Waals surface area contributed by atoms with Gasteiger partial charge in [-0.15, -0.1) is 0 Å². The molecule has 0 bridgehead atoms. The smallest absolute Gasteiger partial charge is 0.310 e. The van der Waals surface area contributed by atoms with Gasteiger partial charge in [-0.05, 0) is 42.8 Å². The lowest BCUT2D eigenvalue weighted by molar-refractivity contribution is -0.385. The van der Waals surface area contributed by atoms with Crippen molar-refractivity contribution in [3.63, 3.8) is 0 Å². The molecule has 9 heteroatoms. The van der Waals surface area contributed by atoms with Crippen LogP contribution in [0.2, 0.25) is 0 Å². The Morgan fingerprint density at radius 3 is 2.76 bits per heavy atom. The SMILES string of the molecule is Cc1ccc([N+](=O)[O-])c(OCC(=O)N2N=C(c3ccco3)CC2c2ccco2)c1. The minimum atomic E-state index is -0.548. The highest BCUT2D eigenvalue weighted by Gasteiger charge is 2.36. The second-order valence-electron chi connectivity index (χ2n) is 6.51. The standard InChI is InChI=1S/C20H17N3O6/c1-13-6-7-15(23(25)26)19(10-13)29-12-20(24)22-16(18-5-3-9-28-18)11-14(21-22)17-4-2-8-27-17/h2-10,16H,11-12H2,1H3. The first-order valence-electron chi connectivity index (χ1n) is 8.87. The third kappa shape index (κ3) is 3.75. The normalized spacial score (nSPS) is 16.0. The fourth-order valence-corrected chi connectivity index (χ4v) is 3.13. The van der Waals surface area contributed by atoms with Crippen molar-refractivity contribution in [2.75, 3.05) is 6.61 Å². The molecule has 0 spiro atoms. The van der Waals surface area contributed by atoms with Crippen molar-refractivity contribution in [2.24, 2.45) is 5.10 Å². The number of hydrogen-bond donors (Lipinski definition) is 0. The summed E-state index contributed by atoms with van der Waals surface area (Å²) in [6.07, 6.45) is 3.47. The number of nitro groups is 1. The van der Waals surface area contributed by atoms with E-state index in [9.17, 15) is 14.9 Å². The van der Waals surface area contributed by atoms with Crippen LogP contribution in [0.3, 0.4) is 0 Å². The predicted molar refractivity (Wildman–Crippen MR) is 101 cm³/mol. The van der Waals surface area contributed by atoms with Crippen LogP contribution in [-0.2, 0) is 4.79 Å². The minimum absolute atomic E-state index is 0.0346. The summed E-state index contributed by atoms with van der Waals surface area (Å²) in [5.74, 6) is 0.716. The average Bonchev–Trinajstić information content (AvgIpc) is 3.46. The van der Waals surface area contributed by atoms with Gasteiger partial charge in [0.05, 0.1) is 17.4 Å². The van der Waals surface area contributed by atoms with Crippen molar-refractivity contribution in [3.05, 3.63) is 82.2 Å². The Morgan fingerprint density at radius 2 is 2.07 bits per heavy atom. The van der Waals surface area contributed by atoms with Gasteiger partial charge in [0.2, 0.25) is 0 Å². The van der Waals surface area contributed by atoms with Gasteiger partial charge in [-0.2, -0.15) is 5.10 Å². The average molecular weight is 395 g/mol. The maximum absolute atomic E-state index is 12.9. The lowest BCUT2D eigenvalue weighted by Crippen LogP contribution is -2.31. The van der Waals surface area contributed by atoms with Gasteiger partial charge in [-0.3, -0.25) is 14.9 Å². The summed E-state index contributed by atoms with van der Waals surface area (Å²) >= 11 is 0. The molecule has 1 aromatic carbocycles. The number of aryl methyl sites for hydroxylation is 1. The first kappa shape index (κ1) is 18.5. The number of nitrogens with zero attached hydrogens (tertiary/aromatic N) is 3. The summed E-state index contributed by atoms with van der Waals surface area (Å²) in [6, 6.07) is 11.0. The summed E-state index contributed by atoms with van der Waals surface area (Å²) in [6.45, 7) is 1.38. The van der Waals surface area contributed by atoms with Gasteiger partial charge in [0.1, 0.15) is 23.3 Å². The molecule has 1 aliphatic rings. The molecule has 9 nitrogen and oxygen atoms in total. The number of rotatable bonds is 6. The largest absolute Gasteiger partial charge is 0.477 e. The quantitative estimate of drug-likeness (QED) is 0.463. The predicted octanol–water partition coefficient (Wildman–Crippen LogP) is 3.85. The monoisotopic (exact) mass is 395 g/mol. The lowest BCUT2D eigenvalue weighted by Gasteiger charge is -2.20. The van der Waals surface area contributed by atoms with Crippen LogP contribution in [0.1, 0.15) is 29.5 Å². The third-order valence-electron chi connectivity index (χ3n) is 4.51. The zero-order chi connectivity index (χ0) is 20.4. The topological polar surface area (TPSA) is 111 Å². The van der Waals surface area contributed by atoms with E-state index in [1.807, 2.05) is 0 Å². The van der Waals surface area contributed by atoms with Crippen LogP contribution in [0.25, 0.3) is 0 Å². The summed E-state index contributed by atoms with van der Waals surface area (Å²) < 4.78 is 16.3. The third-order valence-corrected chi connectivity index (χ3v) is 4.51. The fourth-order valence-electron chi connectivity index (χ4n) is 3.13. The number of hydrogen-bond acceptors (Lipinski definition) is 7. The molecule has 0 radical (unpaired) electrons. The lowest BCUT2D eigenvalue weighted by atomic mass is 10.1. The van der Waals surface area contributed by atoms with Gasteiger partial charge in [0, 0.05) is 12.5 Å². The number of furan rings is 2. The molecular weight excluding hydrogens is 378 g/mol. The number of benzene rings is 1. The van der Waals surface area contributed by atoms with Gasteiger partial charge >= 0.3 is 5.69 Å². The van der Waals surface area contributed by atoms with E-state index < -0.39 is 23.5 Å². The van der Waals surface area contributed by atoms with Crippen LogP contribution in [0.4, 0.5) is 5.69 Å². The summed E-state index contributed by atoms with van der Waals surface area (Å²) in [4.78, 5) is 23.5. The molecule has 2 aromatic heterocycles. The molecule has 3 heterocycles. The first-order valence-corrected chi connectivity index (χ1v) is 8.87. The van der Waals surface area contributed by atoms with Gasteiger partial charge in [-0.25, -0.2) is 5.01 Å². The molecule has 0 saturated carbocycles. The van der Waals surface area contributed by atoms with Crippen LogP contribution < -0.4 is 4.74 Å². The van der Waals surface area contributed by atoms with Crippen LogP contribution >= 0.6 is 0 Å². The Kier molecular flexibility index (Phi) is 4.86. The van der Waals surface area contributed by atoms with Gasteiger partial charge in [-0.1, -0.05) is 6.07 Å². The van der Waals surface area contributed by atoms with Crippen molar-refractivity contribution in [1.82, 2.24) is 5.01 Å². The zero-order valence-corrected chi connectivity index (χ0v) is 15.5. The van der Waals surface area contributed by atoms with E-state index in [0.29, 0.717) is 23.7 Å². The van der Waals surface area contributed by atoms with E-state index >= 15 is 0 Å². The molecule has 3 aromatic rings. The van der Waals surface area contributed by atoms with E-state index in [0.717, 1.165) is 5.56 Å². The van der Waals surface area contributed by atoms with E-state index in [-0.39, 0.29) is 11.4 Å². The second kappa shape index (κ2) is 7.63. The molecule has 4 rings (SSSR count). The van der Waals surface area contributed by atoms with E-state index in [1.54, 1.807) is 37.3 Å². The van der Waals surface area contributed by atoms with Crippen LogP contribution in [0.15, 0.2) is 68.9 Å². The highest BCUT2D eigenvalue weighted by molar-refractivity contribution is 6.01. The van der Waals surface area contributed by atoms with Crippen molar-refractivity contribution >= 4 is 17.3 Å². The molecule has 148 valence electrons. The Balaban J connectivity index is 1.56. The number of nitro benzene ring substituents is 1. The first-order chi connectivity index (χ1) is 14.0. The van der Waals surface area contributed by atoms with E-state index in [2.05, 4.69) is 5.10 Å². The summed E-state index contributed by atoms with van der Waals surface area (Å²) in [7, 11) is 0.